The van der Waals surface area contributed by atoms with Crippen molar-refractivity contribution >= 4 is 17.6 Å². The standard InChI is InChI=1S/C21H28N2OS/c1-4-23-13-14-24-21(15-23)18-5-9-19(10-6-18)22-25-20-11-7-17(8-12-20)16(2)3/h5-12,16,21-22H,4,13-15H2,1-3H3. The van der Waals surface area contributed by atoms with Crippen molar-refractivity contribution < 1.29 is 4.74 Å². The van der Waals surface area contributed by atoms with E-state index in [1.807, 2.05) is 0 Å². The lowest BCUT2D eigenvalue weighted by atomic mass is 10.0. The second-order valence-corrected chi connectivity index (χ2v) is 7.68. The highest BCUT2D eigenvalue weighted by molar-refractivity contribution is 8.00. The van der Waals surface area contributed by atoms with Crippen LogP contribution in [0.25, 0.3) is 0 Å². The van der Waals surface area contributed by atoms with Gasteiger partial charge in [-0.05, 0) is 59.8 Å². The Labute approximate surface area is 155 Å². The van der Waals surface area contributed by atoms with Gasteiger partial charge in [-0.2, -0.15) is 0 Å². The van der Waals surface area contributed by atoms with Gasteiger partial charge in [0.15, 0.2) is 0 Å². The SMILES string of the molecule is CCN1CCOC(c2ccc(NSc3ccc(C(C)C)cc3)cc2)C1. The Hall–Kier alpha value is -1.49. The van der Waals surface area contributed by atoms with Crippen molar-refractivity contribution in [3.63, 3.8) is 0 Å². The molecule has 1 atom stereocenters. The van der Waals surface area contributed by atoms with Gasteiger partial charge in [-0.15, -0.1) is 0 Å². The van der Waals surface area contributed by atoms with Crippen LogP contribution < -0.4 is 4.72 Å². The van der Waals surface area contributed by atoms with E-state index >= 15 is 0 Å². The number of rotatable bonds is 6. The Balaban J connectivity index is 1.55. The fourth-order valence-electron chi connectivity index (χ4n) is 3.00. The smallest absolute Gasteiger partial charge is 0.0952 e. The fraction of sp³-hybridized carbons (Fsp3) is 0.429. The Morgan fingerprint density at radius 2 is 1.84 bits per heavy atom. The minimum Gasteiger partial charge on any atom is -0.371 e. The van der Waals surface area contributed by atoms with Crippen molar-refractivity contribution in [2.24, 2.45) is 0 Å². The van der Waals surface area contributed by atoms with Gasteiger partial charge in [-0.25, -0.2) is 0 Å². The first-order chi connectivity index (χ1) is 12.2. The van der Waals surface area contributed by atoms with Crippen molar-refractivity contribution in [2.45, 2.75) is 37.7 Å². The number of ether oxygens (including phenoxy) is 1. The summed E-state index contributed by atoms with van der Waals surface area (Å²) in [5.41, 5.74) is 3.75. The molecule has 1 N–H and O–H groups in total. The van der Waals surface area contributed by atoms with Gasteiger partial charge in [-0.3, -0.25) is 4.90 Å². The van der Waals surface area contributed by atoms with Crippen LogP contribution in [-0.2, 0) is 4.74 Å². The van der Waals surface area contributed by atoms with E-state index in [0.29, 0.717) is 5.92 Å². The molecule has 1 aliphatic heterocycles. The summed E-state index contributed by atoms with van der Waals surface area (Å²) >= 11 is 1.65. The van der Waals surface area contributed by atoms with Crippen molar-refractivity contribution in [3.05, 3.63) is 59.7 Å². The van der Waals surface area contributed by atoms with E-state index in [1.165, 1.54) is 16.0 Å². The average Bonchev–Trinajstić information content (AvgIpc) is 2.67. The lowest BCUT2D eigenvalue weighted by molar-refractivity contribution is -0.0281. The molecule has 0 aliphatic carbocycles. The van der Waals surface area contributed by atoms with Crippen LogP contribution in [0.1, 0.15) is 43.9 Å². The van der Waals surface area contributed by atoms with E-state index in [2.05, 4.69) is 78.9 Å². The lowest BCUT2D eigenvalue weighted by Gasteiger charge is -2.32. The first-order valence-electron chi connectivity index (χ1n) is 9.12. The van der Waals surface area contributed by atoms with Crippen LogP contribution in [0.4, 0.5) is 5.69 Å². The number of likely N-dealkylation sites (N-methyl/N-ethyl adjacent to an activating group) is 1. The van der Waals surface area contributed by atoms with Gasteiger partial charge in [0.1, 0.15) is 0 Å². The van der Waals surface area contributed by atoms with Crippen LogP contribution in [0.2, 0.25) is 0 Å². The monoisotopic (exact) mass is 356 g/mol. The van der Waals surface area contributed by atoms with Gasteiger partial charge < -0.3 is 9.46 Å². The first-order valence-corrected chi connectivity index (χ1v) is 9.94. The highest BCUT2D eigenvalue weighted by Crippen LogP contribution is 2.26. The number of nitrogens with one attached hydrogen (secondary N) is 1. The summed E-state index contributed by atoms with van der Waals surface area (Å²) in [4.78, 5) is 3.67. The molecule has 1 unspecified atom stereocenters. The number of benzene rings is 2. The molecule has 0 spiro atoms. The third kappa shape index (κ3) is 5.00. The molecule has 3 nitrogen and oxygen atoms in total. The molecule has 0 radical (unpaired) electrons. The molecule has 4 heteroatoms. The number of hydrogen-bond acceptors (Lipinski definition) is 4. The van der Waals surface area contributed by atoms with Crippen molar-refractivity contribution in [2.75, 3.05) is 31.0 Å². The highest BCUT2D eigenvalue weighted by Gasteiger charge is 2.20. The third-order valence-corrected chi connectivity index (χ3v) is 5.56. The second kappa shape index (κ2) is 8.75. The molecule has 25 heavy (non-hydrogen) atoms. The molecule has 3 rings (SSSR count). The van der Waals surface area contributed by atoms with Crippen molar-refractivity contribution in [3.8, 4) is 0 Å². The van der Waals surface area contributed by atoms with E-state index in [4.69, 9.17) is 4.74 Å². The Bertz CT molecular complexity index is 655. The Morgan fingerprint density at radius 1 is 1.12 bits per heavy atom. The molecule has 0 saturated carbocycles. The molecular formula is C21H28N2OS. The molecule has 2 aromatic rings. The molecule has 0 amide bonds. The molecule has 0 bridgehead atoms. The summed E-state index contributed by atoms with van der Waals surface area (Å²) in [6, 6.07) is 17.4. The molecule has 1 heterocycles. The van der Waals surface area contributed by atoms with Crippen molar-refractivity contribution in [1.29, 1.82) is 0 Å². The molecule has 134 valence electrons. The summed E-state index contributed by atoms with van der Waals surface area (Å²) in [7, 11) is 0. The van der Waals surface area contributed by atoms with Gasteiger partial charge in [0.2, 0.25) is 0 Å². The highest BCUT2D eigenvalue weighted by atomic mass is 32.2. The maximum absolute atomic E-state index is 5.93. The number of morpholine rings is 1. The zero-order valence-electron chi connectivity index (χ0n) is 15.4. The van der Waals surface area contributed by atoms with E-state index in [9.17, 15) is 0 Å². The van der Waals surface area contributed by atoms with Crippen LogP contribution in [0.3, 0.4) is 0 Å². The third-order valence-electron chi connectivity index (χ3n) is 4.71. The van der Waals surface area contributed by atoms with Crippen LogP contribution in [0.15, 0.2) is 53.4 Å². The van der Waals surface area contributed by atoms with Gasteiger partial charge in [0.25, 0.3) is 0 Å². The first kappa shape index (κ1) is 18.3. The quantitative estimate of drug-likeness (QED) is 0.708. The molecule has 1 aliphatic rings. The van der Waals surface area contributed by atoms with Crippen LogP contribution in [0.5, 0.6) is 0 Å². The van der Waals surface area contributed by atoms with E-state index < -0.39 is 0 Å². The second-order valence-electron chi connectivity index (χ2n) is 6.80. The van der Waals surface area contributed by atoms with Crippen LogP contribution in [0, 0.1) is 0 Å². The maximum Gasteiger partial charge on any atom is 0.0952 e. The maximum atomic E-state index is 5.93. The van der Waals surface area contributed by atoms with E-state index in [0.717, 1.165) is 31.9 Å². The van der Waals surface area contributed by atoms with Gasteiger partial charge in [0.05, 0.1) is 12.7 Å². The number of anilines is 1. The predicted molar refractivity (Wildman–Crippen MR) is 107 cm³/mol. The molecule has 2 aromatic carbocycles. The zero-order chi connectivity index (χ0) is 17.6. The molecule has 0 aromatic heterocycles. The summed E-state index contributed by atoms with van der Waals surface area (Å²) in [5.74, 6) is 0.574. The van der Waals surface area contributed by atoms with Crippen molar-refractivity contribution in [1.82, 2.24) is 4.90 Å². The van der Waals surface area contributed by atoms with Gasteiger partial charge in [0, 0.05) is 23.7 Å². The van der Waals surface area contributed by atoms with Gasteiger partial charge in [-0.1, -0.05) is 45.0 Å². The number of nitrogens with zero attached hydrogens (tertiary/aromatic N) is 1. The summed E-state index contributed by atoms with van der Waals surface area (Å²) in [6.07, 6.45) is 0.194. The topological polar surface area (TPSA) is 24.5 Å². The fourth-order valence-corrected chi connectivity index (χ4v) is 3.64. The Kier molecular flexibility index (Phi) is 6.40. The van der Waals surface area contributed by atoms with Crippen LogP contribution in [-0.4, -0.2) is 31.1 Å². The Morgan fingerprint density at radius 3 is 2.48 bits per heavy atom. The summed E-state index contributed by atoms with van der Waals surface area (Å²) in [6.45, 7) is 10.6. The van der Waals surface area contributed by atoms with Gasteiger partial charge >= 0.3 is 0 Å². The average molecular weight is 357 g/mol. The molecular weight excluding hydrogens is 328 g/mol. The largest absolute Gasteiger partial charge is 0.371 e. The number of hydrogen-bond donors (Lipinski definition) is 1. The minimum absolute atomic E-state index is 0.194. The molecule has 1 saturated heterocycles. The summed E-state index contributed by atoms with van der Waals surface area (Å²) in [5, 5.41) is 0. The minimum atomic E-state index is 0.194. The van der Waals surface area contributed by atoms with Crippen LogP contribution >= 0.6 is 11.9 Å². The summed E-state index contributed by atoms with van der Waals surface area (Å²) < 4.78 is 9.35. The van der Waals surface area contributed by atoms with E-state index in [-0.39, 0.29) is 6.10 Å². The zero-order valence-corrected chi connectivity index (χ0v) is 16.2. The lowest BCUT2D eigenvalue weighted by Crippen LogP contribution is -2.38. The normalized spacial score (nSPS) is 18.5. The predicted octanol–water partition coefficient (Wildman–Crippen LogP) is 5.32. The molecule has 1 fully saturated rings. The van der Waals surface area contributed by atoms with E-state index in [1.54, 1.807) is 11.9 Å².